The van der Waals surface area contributed by atoms with Crippen LogP contribution in [0.5, 0.6) is 0 Å². The van der Waals surface area contributed by atoms with Gasteiger partial charge in [-0.2, -0.15) is 0 Å². The highest BCUT2D eigenvalue weighted by Gasteiger charge is 2.23. The van der Waals surface area contributed by atoms with E-state index >= 15 is 0 Å². The number of carbonyl (C=O) groups excluding carboxylic acids is 1. The van der Waals surface area contributed by atoms with E-state index in [1.165, 1.54) is 0 Å². The Balaban J connectivity index is 2.20. The molecule has 0 saturated carbocycles. The van der Waals surface area contributed by atoms with Crippen LogP contribution in [0.2, 0.25) is 0 Å². The number of nitrogens with zero attached hydrogens (tertiary/aromatic N) is 1. The summed E-state index contributed by atoms with van der Waals surface area (Å²) in [5.41, 5.74) is 4.55. The molecule has 5 nitrogen and oxygen atoms in total. The van der Waals surface area contributed by atoms with Gasteiger partial charge in [-0.3, -0.25) is 9.10 Å². The first-order valence-corrected chi connectivity index (χ1v) is 10.3. The van der Waals surface area contributed by atoms with Crippen molar-refractivity contribution in [2.24, 2.45) is 0 Å². The fraction of sp³-hybridized carbons (Fsp3) is 0.350. The number of amides is 1. The normalized spacial score (nSPS) is 12.5. The Morgan fingerprint density at radius 3 is 2.35 bits per heavy atom. The Bertz CT molecular complexity index is 907. The van der Waals surface area contributed by atoms with E-state index in [1.54, 1.807) is 12.1 Å². The molecule has 1 N–H and O–H groups in total. The fourth-order valence-corrected chi connectivity index (χ4v) is 3.86. The molecule has 6 heteroatoms. The Morgan fingerprint density at radius 1 is 1.08 bits per heavy atom. The summed E-state index contributed by atoms with van der Waals surface area (Å²) in [4.78, 5) is 12.5. The van der Waals surface area contributed by atoms with Crippen molar-refractivity contribution in [3.05, 3.63) is 64.7 Å². The number of para-hydroxylation sites is 1. The third-order valence-corrected chi connectivity index (χ3v) is 5.48. The van der Waals surface area contributed by atoms with Gasteiger partial charge < -0.3 is 5.32 Å². The molecule has 0 aliphatic rings. The number of carbonyl (C=O) groups is 1. The third-order valence-electron chi connectivity index (χ3n) is 4.35. The van der Waals surface area contributed by atoms with E-state index in [1.807, 2.05) is 58.0 Å². The van der Waals surface area contributed by atoms with Gasteiger partial charge in [-0.15, -0.1) is 0 Å². The Hall–Kier alpha value is -2.34. The quantitative estimate of drug-likeness (QED) is 0.844. The van der Waals surface area contributed by atoms with E-state index in [4.69, 9.17) is 0 Å². The first kappa shape index (κ1) is 20.0. The summed E-state index contributed by atoms with van der Waals surface area (Å²) >= 11 is 0. The molecule has 1 amide bonds. The molecule has 0 spiro atoms. The lowest BCUT2D eigenvalue weighted by molar-refractivity contribution is -0.120. The first-order valence-electron chi connectivity index (χ1n) is 8.49. The molecule has 1 atom stereocenters. The van der Waals surface area contributed by atoms with Crippen molar-refractivity contribution in [1.82, 2.24) is 5.32 Å². The average molecular weight is 375 g/mol. The molecule has 0 radical (unpaired) electrons. The molecular weight excluding hydrogens is 348 g/mol. The number of anilines is 1. The van der Waals surface area contributed by atoms with Crippen LogP contribution in [0.3, 0.4) is 0 Å². The molecule has 2 rings (SSSR count). The predicted octanol–water partition coefficient (Wildman–Crippen LogP) is 3.26. The maximum Gasteiger partial charge on any atom is 0.241 e. The number of aryl methyl sites for hydroxylation is 3. The van der Waals surface area contributed by atoms with Crippen molar-refractivity contribution in [1.29, 1.82) is 0 Å². The van der Waals surface area contributed by atoms with Crippen LogP contribution in [0.1, 0.15) is 35.2 Å². The van der Waals surface area contributed by atoms with Gasteiger partial charge in [0.15, 0.2) is 0 Å². The first-order chi connectivity index (χ1) is 12.1. The van der Waals surface area contributed by atoms with Crippen molar-refractivity contribution in [3.63, 3.8) is 0 Å². The lowest BCUT2D eigenvalue weighted by Gasteiger charge is -2.25. The van der Waals surface area contributed by atoms with Crippen molar-refractivity contribution < 1.29 is 13.2 Å². The summed E-state index contributed by atoms with van der Waals surface area (Å²) in [6, 6.07) is 13.0. The molecule has 140 valence electrons. The third kappa shape index (κ3) is 4.85. The molecule has 0 saturated heterocycles. The number of nitrogens with one attached hydrogen (secondary N) is 1. The number of hydrogen-bond donors (Lipinski definition) is 1. The van der Waals surface area contributed by atoms with Crippen LogP contribution in [-0.4, -0.2) is 27.1 Å². The second kappa shape index (κ2) is 7.91. The average Bonchev–Trinajstić information content (AvgIpc) is 2.54. The van der Waals surface area contributed by atoms with E-state index in [2.05, 4.69) is 5.32 Å². The smallest absolute Gasteiger partial charge is 0.241 e. The summed E-state index contributed by atoms with van der Waals surface area (Å²) < 4.78 is 25.6. The standard InChI is InChI=1S/C20H26N2O3S/c1-14-10-11-15(2)18(12-14)17(4)21-20(23)13-22(26(5,24)25)19-9-7-6-8-16(19)3/h6-12,17H,13H2,1-5H3,(H,21,23)/t17-/m0/s1. The molecule has 0 heterocycles. The van der Waals surface area contributed by atoms with Gasteiger partial charge in [0.1, 0.15) is 6.54 Å². The van der Waals surface area contributed by atoms with E-state index in [-0.39, 0.29) is 18.5 Å². The highest BCUT2D eigenvalue weighted by Crippen LogP contribution is 2.22. The molecule has 0 aliphatic carbocycles. The van der Waals surface area contributed by atoms with Crippen LogP contribution in [0.4, 0.5) is 5.69 Å². The van der Waals surface area contributed by atoms with Gasteiger partial charge in [0, 0.05) is 0 Å². The fourth-order valence-electron chi connectivity index (χ4n) is 2.95. The lowest BCUT2D eigenvalue weighted by Crippen LogP contribution is -2.41. The van der Waals surface area contributed by atoms with Crippen molar-refractivity contribution in [3.8, 4) is 0 Å². The van der Waals surface area contributed by atoms with E-state index in [0.29, 0.717) is 5.69 Å². The number of hydrogen-bond acceptors (Lipinski definition) is 3. The van der Waals surface area contributed by atoms with Gasteiger partial charge in [0.25, 0.3) is 0 Å². The van der Waals surface area contributed by atoms with E-state index < -0.39 is 10.0 Å². The van der Waals surface area contributed by atoms with E-state index in [0.717, 1.165) is 32.8 Å². The largest absolute Gasteiger partial charge is 0.348 e. The second-order valence-corrected chi connectivity index (χ2v) is 8.61. The zero-order valence-corrected chi connectivity index (χ0v) is 16.7. The molecule has 0 bridgehead atoms. The number of rotatable bonds is 6. The van der Waals surface area contributed by atoms with Crippen molar-refractivity contribution in [2.75, 3.05) is 17.1 Å². The molecule has 0 aromatic heterocycles. The summed E-state index contributed by atoms with van der Waals surface area (Å²) in [7, 11) is -3.58. The van der Waals surface area contributed by atoms with Gasteiger partial charge in [0.05, 0.1) is 18.0 Å². The Labute approximate surface area is 156 Å². The minimum absolute atomic E-state index is 0.208. The number of sulfonamides is 1. The maximum atomic E-state index is 12.5. The topological polar surface area (TPSA) is 66.5 Å². The molecule has 2 aromatic carbocycles. The zero-order valence-electron chi connectivity index (χ0n) is 15.9. The van der Waals surface area contributed by atoms with Crippen LogP contribution < -0.4 is 9.62 Å². The molecule has 0 fully saturated rings. The summed E-state index contributed by atoms with van der Waals surface area (Å²) in [6.07, 6.45) is 1.11. The van der Waals surface area contributed by atoms with Crippen LogP contribution in [-0.2, 0) is 14.8 Å². The minimum Gasteiger partial charge on any atom is -0.348 e. The Kier molecular flexibility index (Phi) is 6.08. The van der Waals surface area contributed by atoms with Gasteiger partial charge in [-0.05, 0) is 50.5 Å². The van der Waals surface area contributed by atoms with Gasteiger partial charge in [-0.25, -0.2) is 8.42 Å². The zero-order chi connectivity index (χ0) is 19.5. The van der Waals surface area contributed by atoms with Crippen molar-refractivity contribution in [2.45, 2.75) is 33.7 Å². The van der Waals surface area contributed by atoms with Crippen LogP contribution in [0.15, 0.2) is 42.5 Å². The monoisotopic (exact) mass is 374 g/mol. The van der Waals surface area contributed by atoms with Crippen molar-refractivity contribution >= 4 is 21.6 Å². The maximum absolute atomic E-state index is 12.5. The SMILES string of the molecule is Cc1ccc(C)c([C@H](C)NC(=O)CN(c2ccccc2C)S(C)(=O)=O)c1. The predicted molar refractivity (Wildman–Crippen MR) is 106 cm³/mol. The molecule has 26 heavy (non-hydrogen) atoms. The summed E-state index contributed by atoms with van der Waals surface area (Å²) in [6.45, 7) is 7.47. The summed E-state index contributed by atoms with van der Waals surface area (Å²) in [5.74, 6) is -0.341. The molecule has 2 aromatic rings. The van der Waals surface area contributed by atoms with E-state index in [9.17, 15) is 13.2 Å². The highest BCUT2D eigenvalue weighted by atomic mass is 32.2. The van der Waals surface area contributed by atoms with Gasteiger partial charge >= 0.3 is 0 Å². The second-order valence-electron chi connectivity index (χ2n) is 6.71. The van der Waals surface area contributed by atoms with Crippen LogP contribution in [0, 0.1) is 20.8 Å². The number of benzene rings is 2. The van der Waals surface area contributed by atoms with Gasteiger partial charge in [0.2, 0.25) is 15.9 Å². The lowest BCUT2D eigenvalue weighted by atomic mass is 10.00. The minimum atomic E-state index is -3.58. The molecule has 0 aliphatic heterocycles. The summed E-state index contributed by atoms with van der Waals surface area (Å²) in [5, 5.41) is 2.91. The Morgan fingerprint density at radius 2 is 1.73 bits per heavy atom. The molecular formula is C20H26N2O3S. The van der Waals surface area contributed by atoms with Crippen LogP contribution >= 0.6 is 0 Å². The van der Waals surface area contributed by atoms with Gasteiger partial charge in [-0.1, -0.05) is 42.0 Å². The van der Waals surface area contributed by atoms with Crippen LogP contribution in [0.25, 0.3) is 0 Å². The highest BCUT2D eigenvalue weighted by molar-refractivity contribution is 7.92. The molecule has 0 unspecified atom stereocenters.